The maximum atomic E-state index is 4.92. The second kappa shape index (κ2) is 9.55. The number of nitrogens with zero attached hydrogens (tertiary/aromatic N) is 10. The SMILES string of the molecule is c1cc2nc(c1)Cn1cc[n+](c1)C[n+]1ccn(c1)Cc1cccc(n1)Cn1cc[n+](c1)C[n+]1ccn(c1)C2. The van der Waals surface area contributed by atoms with Gasteiger partial charge in [0.2, 0.25) is 38.6 Å². The van der Waals surface area contributed by atoms with Gasteiger partial charge in [0.25, 0.3) is 0 Å². The fourth-order valence-electron chi connectivity index (χ4n) is 5.00. The third-order valence-electron chi connectivity index (χ3n) is 6.75. The first-order chi connectivity index (χ1) is 18.7. The van der Waals surface area contributed by atoms with E-state index in [2.05, 4.69) is 148 Å². The lowest BCUT2D eigenvalue weighted by Crippen LogP contribution is -2.49. The first-order valence-electron chi connectivity index (χ1n) is 12.8. The Morgan fingerprint density at radius 3 is 1.03 bits per heavy atom. The highest BCUT2D eigenvalue weighted by Gasteiger charge is 2.14. The van der Waals surface area contributed by atoms with Gasteiger partial charge in [-0.3, -0.25) is 0 Å². The zero-order valence-corrected chi connectivity index (χ0v) is 21.1. The van der Waals surface area contributed by atoms with Crippen LogP contribution in [0.25, 0.3) is 0 Å². The zero-order chi connectivity index (χ0) is 25.3. The zero-order valence-electron chi connectivity index (χ0n) is 21.1. The van der Waals surface area contributed by atoms with Crippen molar-refractivity contribution >= 4 is 0 Å². The molecule has 10 heteroatoms. The van der Waals surface area contributed by atoms with Gasteiger partial charge in [-0.25, -0.2) is 28.2 Å². The quantitative estimate of drug-likeness (QED) is 0.279. The Morgan fingerprint density at radius 1 is 0.447 bits per heavy atom. The average Bonchev–Trinajstić information content (AvgIpc) is 3.71. The molecule has 0 spiro atoms. The number of rotatable bonds is 0. The molecule has 6 aromatic rings. The van der Waals surface area contributed by atoms with E-state index in [1.54, 1.807) is 0 Å². The van der Waals surface area contributed by atoms with Crippen LogP contribution in [0.1, 0.15) is 22.8 Å². The Hall–Kier alpha value is -4.86. The molecule has 0 unspecified atom stereocenters. The predicted octanol–water partition coefficient (Wildman–Crippen LogP) is 0.351. The van der Waals surface area contributed by atoms with Crippen molar-refractivity contribution in [1.29, 1.82) is 0 Å². The van der Waals surface area contributed by atoms with Gasteiger partial charge in [0.1, 0.15) is 75.8 Å². The second-order valence-corrected chi connectivity index (χ2v) is 9.92. The van der Waals surface area contributed by atoms with Crippen LogP contribution in [0.2, 0.25) is 0 Å². The summed E-state index contributed by atoms with van der Waals surface area (Å²) in [4.78, 5) is 9.85. The number of hydrogen-bond acceptors (Lipinski definition) is 2. The molecule has 6 aromatic heterocycles. The standard InChI is InChI=1S/C28H30N10/c1-3-25-15-31-7-11-35(19-31)23-37-13-9-33(21-37)17-27-5-2-6-28(30-27)18-34-10-14-38(22-34)24-36-12-8-32(20-36)16-26(4-1)29-25/h1-14,19-22H,15-18,23-24H2/q+4. The number of imidazole rings is 4. The van der Waals surface area contributed by atoms with E-state index in [0.717, 1.165) is 62.3 Å². The largest absolute Gasteiger partial charge is 0.250 e. The van der Waals surface area contributed by atoms with Gasteiger partial charge in [0.15, 0.2) is 0 Å². The van der Waals surface area contributed by atoms with Crippen LogP contribution in [0.4, 0.5) is 0 Å². The summed E-state index contributed by atoms with van der Waals surface area (Å²) in [7, 11) is 0. The van der Waals surface area contributed by atoms with E-state index < -0.39 is 0 Å². The van der Waals surface area contributed by atoms with E-state index in [1.165, 1.54) is 0 Å². The van der Waals surface area contributed by atoms with Crippen LogP contribution in [0.15, 0.2) is 111 Å². The molecule has 12 bridgehead atoms. The first-order valence-corrected chi connectivity index (χ1v) is 12.8. The Bertz CT molecular complexity index is 1460. The van der Waals surface area contributed by atoms with Gasteiger partial charge < -0.3 is 0 Å². The Kier molecular flexibility index (Phi) is 5.61. The van der Waals surface area contributed by atoms with Crippen LogP contribution in [0, 0.1) is 0 Å². The van der Waals surface area contributed by atoms with Crippen LogP contribution in [0.5, 0.6) is 0 Å². The lowest BCUT2D eigenvalue weighted by molar-refractivity contribution is -0.912. The van der Waals surface area contributed by atoms with Crippen LogP contribution in [0.3, 0.4) is 0 Å². The summed E-state index contributed by atoms with van der Waals surface area (Å²) in [5.74, 6) is 0. The van der Waals surface area contributed by atoms with E-state index in [4.69, 9.17) is 9.97 Å². The maximum absolute atomic E-state index is 4.92. The molecule has 0 aromatic carbocycles. The van der Waals surface area contributed by atoms with E-state index in [9.17, 15) is 0 Å². The monoisotopic (exact) mass is 506 g/mol. The normalized spacial score (nSPS) is 13.7. The highest BCUT2D eigenvalue weighted by Crippen LogP contribution is 2.06. The van der Waals surface area contributed by atoms with Gasteiger partial charge in [-0.05, 0) is 24.3 Å². The minimum Gasteiger partial charge on any atom is -0.250 e. The minimum atomic E-state index is 0.730. The van der Waals surface area contributed by atoms with Crippen LogP contribution < -0.4 is 18.3 Å². The Labute approximate surface area is 220 Å². The molecule has 10 nitrogen and oxygen atoms in total. The van der Waals surface area contributed by atoms with Crippen molar-refractivity contribution in [2.45, 2.75) is 39.5 Å². The molecule has 38 heavy (non-hydrogen) atoms. The summed E-state index contributed by atoms with van der Waals surface area (Å²) < 4.78 is 17.4. The van der Waals surface area contributed by atoms with Crippen LogP contribution in [-0.4, -0.2) is 28.2 Å². The maximum Gasteiger partial charge on any atom is 0.247 e. The van der Waals surface area contributed by atoms with E-state index in [0.29, 0.717) is 0 Å². The van der Waals surface area contributed by atoms with Crippen LogP contribution in [-0.2, 0) is 39.5 Å². The molecule has 0 saturated heterocycles. The lowest BCUT2D eigenvalue weighted by atomic mass is 10.3. The van der Waals surface area contributed by atoms with Gasteiger partial charge in [-0.15, -0.1) is 0 Å². The number of fused-ring (bicyclic) bond motifs is 12. The summed E-state index contributed by atoms with van der Waals surface area (Å²) in [5.41, 5.74) is 4.19. The fraction of sp³-hybridized carbons (Fsp3) is 0.214. The third-order valence-corrected chi connectivity index (χ3v) is 6.75. The molecular formula is C28H30N10+4. The molecule has 7 rings (SSSR count). The topological polar surface area (TPSA) is 61.0 Å². The van der Waals surface area contributed by atoms with Gasteiger partial charge in [0, 0.05) is 0 Å². The number of pyridine rings is 2. The average molecular weight is 507 g/mol. The number of aromatic nitrogens is 10. The van der Waals surface area contributed by atoms with E-state index >= 15 is 0 Å². The molecule has 0 atom stereocenters. The molecule has 0 radical (unpaired) electrons. The fourth-order valence-corrected chi connectivity index (χ4v) is 5.00. The predicted molar refractivity (Wildman–Crippen MR) is 134 cm³/mol. The molecule has 1 aliphatic rings. The highest BCUT2D eigenvalue weighted by molar-refractivity contribution is 5.13. The van der Waals surface area contributed by atoms with Crippen molar-refractivity contribution in [2.75, 3.05) is 0 Å². The van der Waals surface area contributed by atoms with Gasteiger partial charge in [-0.2, -0.15) is 18.3 Å². The molecule has 7 heterocycles. The van der Waals surface area contributed by atoms with E-state index in [1.807, 2.05) is 0 Å². The van der Waals surface area contributed by atoms with Gasteiger partial charge in [0.05, 0.1) is 22.8 Å². The van der Waals surface area contributed by atoms with Crippen molar-refractivity contribution in [3.8, 4) is 0 Å². The van der Waals surface area contributed by atoms with E-state index in [-0.39, 0.29) is 0 Å². The van der Waals surface area contributed by atoms with Gasteiger partial charge in [-0.1, -0.05) is 12.1 Å². The summed E-state index contributed by atoms with van der Waals surface area (Å²) in [6.07, 6.45) is 25.3. The summed E-state index contributed by atoms with van der Waals surface area (Å²) in [6.45, 7) is 4.40. The smallest absolute Gasteiger partial charge is 0.247 e. The summed E-state index contributed by atoms with van der Waals surface area (Å²) >= 11 is 0. The van der Waals surface area contributed by atoms with Crippen LogP contribution >= 0.6 is 0 Å². The molecule has 0 fully saturated rings. The molecule has 1 aliphatic heterocycles. The molecular weight excluding hydrogens is 476 g/mol. The van der Waals surface area contributed by atoms with Crippen molar-refractivity contribution < 1.29 is 18.3 Å². The molecule has 0 N–H and O–H groups in total. The second-order valence-electron chi connectivity index (χ2n) is 9.92. The third kappa shape index (κ3) is 5.01. The molecule has 0 saturated carbocycles. The molecule has 0 aliphatic carbocycles. The lowest BCUT2D eigenvalue weighted by Gasteiger charge is -2.02. The van der Waals surface area contributed by atoms with Crippen molar-refractivity contribution in [1.82, 2.24) is 28.2 Å². The number of hydrogen-bond donors (Lipinski definition) is 0. The summed E-state index contributed by atoms with van der Waals surface area (Å²) in [5, 5.41) is 0. The van der Waals surface area contributed by atoms with Gasteiger partial charge >= 0.3 is 0 Å². The first kappa shape index (κ1) is 22.3. The highest BCUT2D eigenvalue weighted by atomic mass is 15.2. The summed E-state index contributed by atoms with van der Waals surface area (Å²) in [6, 6.07) is 12.6. The Morgan fingerprint density at radius 2 is 0.737 bits per heavy atom. The minimum absolute atomic E-state index is 0.730. The van der Waals surface area contributed by atoms with Crippen molar-refractivity contribution in [2.24, 2.45) is 0 Å². The molecule has 0 amide bonds. The Balaban J connectivity index is 1.20. The molecule has 188 valence electrons. The van der Waals surface area contributed by atoms with Crippen molar-refractivity contribution in [3.05, 3.63) is 134 Å². The van der Waals surface area contributed by atoms with Crippen molar-refractivity contribution in [3.63, 3.8) is 0 Å².